The molecule has 21 heavy (non-hydrogen) atoms. The van der Waals surface area contributed by atoms with E-state index in [1.54, 1.807) is 5.38 Å². The molecule has 3 N–H and O–H groups in total. The molecule has 0 bridgehead atoms. The zero-order valence-electron chi connectivity index (χ0n) is 12.4. The lowest BCUT2D eigenvalue weighted by atomic mass is 9.72. The summed E-state index contributed by atoms with van der Waals surface area (Å²) in [6.07, 6.45) is 6.47. The molecule has 6 nitrogen and oxygen atoms in total. The fraction of sp³-hybridized carbons (Fsp3) is 0.714. The molecule has 0 saturated heterocycles. The molecule has 0 unspecified atom stereocenters. The predicted octanol–water partition coefficient (Wildman–Crippen LogP) is 2.61. The second-order valence-electron chi connectivity index (χ2n) is 5.58. The van der Waals surface area contributed by atoms with Crippen LogP contribution in [-0.2, 0) is 0 Å². The smallest absolute Gasteiger partial charge is 0.319 e. The fourth-order valence-corrected chi connectivity index (χ4v) is 3.53. The first-order valence-corrected chi connectivity index (χ1v) is 8.17. The Morgan fingerprint density at radius 1 is 1.48 bits per heavy atom. The quantitative estimate of drug-likeness (QED) is 0.754. The number of nitrogens with one attached hydrogen (secondary N) is 2. The Hall–Kier alpha value is -1.34. The van der Waals surface area contributed by atoms with Gasteiger partial charge in [0.05, 0.1) is 7.11 Å². The number of carbonyl (C=O) groups is 1. The lowest BCUT2D eigenvalue weighted by Gasteiger charge is -2.37. The van der Waals surface area contributed by atoms with Gasteiger partial charge in [-0.15, -0.1) is 0 Å². The zero-order valence-corrected chi connectivity index (χ0v) is 13.2. The van der Waals surface area contributed by atoms with E-state index in [2.05, 4.69) is 15.0 Å². The van der Waals surface area contributed by atoms with E-state index in [1.165, 1.54) is 37.9 Å². The molecule has 2 amide bonds. The Labute approximate surface area is 129 Å². The number of aliphatic hydroxyl groups is 1. The van der Waals surface area contributed by atoms with Gasteiger partial charge in [-0.3, -0.25) is 0 Å². The summed E-state index contributed by atoms with van der Waals surface area (Å²) >= 11 is 1.24. The fourth-order valence-electron chi connectivity index (χ4n) is 2.95. The molecule has 1 fully saturated rings. The number of aliphatic hydroxyl groups excluding tert-OH is 1. The van der Waals surface area contributed by atoms with Crippen LogP contribution < -0.4 is 15.4 Å². The SMILES string of the molecule is COc1nscc1NC(=O)NCC1(CCO)CCCCC1. The van der Waals surface area contributed by atoms with E-state index in [-0.39, 0.29) is 18.1 Å². The Bertz CT molecular complexity index is 453. The highest BCUT2D eigenvalue weighted by Crippen LogP contribution is 2.38. The van der Waals surface area contributed by atoms with E-state index in [0.29, 0.717) is 18.1 Å². The minimum Gasteiger partial charge on any atom is -0.479 e. The average Bonchev–Trinajstić information content (AvgIpc) is 2.94. The van der Waals surface area contributed by atoms with Gasteiger partial charge in [0, 0.05) is 18.5 Å². The van der Waals surface area contributed by atoms with Crippen molar-refractivity contribution < 1.29 is 14.6 Å². The highest BCUT2D eigenvalue weighted by atomic mass is 32.1. The minimum atomic E-state index is -0.253. The van der Waals surface area contributed by atoms with Crippen LogP contribution in [0.2, 0.25) is 0 Å². The van der Waals surface area contributed by atoms with Gasteiger partial charge in [-0.2, -0.15) is 4.37 Å². The zero-order chi connectivity index (χ0) is 15.1. The van der Waals surface area contributed by atoms with Crippen LogP contribution in [0.5, 0.6) is 5.88 Å². The Kier molecular flexibility index (Phi) is 5.81. The van der Waals surface area contributed by atoms with Crippen molar-refractivity contribution in [3.63, 3.8) is 0 Å². The van der Waals surface area contributed by atoms with Crippen LogP contribution in [-0.4, -0.2) is 35.8 Å². The second kappa shape index (κ2) is 7.61. The summed E-state index contributed by atoms with van der Waals surface area (Å²) in [6, 6.07) is -0.253. The average molecular weight is 313 g/mol. The van der Waals surface area contributed by atoms with E-state index in [9.17, 15) is 9.90 Å². The van der Waals surface area contributed by atoms with Crippen LogP contribution in [0.15, 0.2) is 5.38 Å². The van der Waals surface area contributed by atoms with Gasteiger partial charge in [-0.05, 0) is 36.2 Å². The first kappa shape index (κ1) is 16.0. The standard InChI is InChI=1S/C14H23N3O3S/c1-20-12-11(9-21-17-12)16-13(19)15-10-14(7-8-18)5-3-2-4-6-14/h9,18H,2-8,10H2,1H3,(H2,15,16,19). The number of aromatic nitrogens is 1. The number of hydrogen-bond acceptors (Lipinski definition) is 5. The van der Waals surface area contributed by atoms with Crippen molar-refractivity contribution in [2.24, 2.45) is 5.41 Å². The highest BCUT2D eigenvalue weighted by molar-refractivity contribution is 7.04. The maximum atomic E-state index is 12.0. The van der Waals surface area contributed by atoms with Gasteiger partial charge in [-0.1, -0.05) is 19.3 Å². The van der Waals surface area contributed by atoms with Gasteiger partial charge in [0.1, 0.15) is 5.69 Å². The minimum absolute atomic E-state index is 0.0430. The molecule has 1 aromatic heterocycles. The molecular formula is C14H23N3O3S. The van der Waals surface area contributed by atoms with Gasteiger partial charge in [0.2, 0.25) is 5.88 Å². The number of urea groups is 1. The molecule has 2 rings (SSSR count). The summed E-state index contributed by atoms with van der Waals surface area (Å²) in [5.74, 6) is 0.429. The Morgan fingerprint density at radius 2 is 2.24 bits per heavy atom. The lowest BCUT2D eigenvalue weighted by molar-refractivity contribution is 0.128. The molecule has 1 aliphatic rings. The first-order chi connectivity index (χ1) is 10.2. The van der Waals surface area contributed by atoms with Crippen molar-refractivity contribution in [1.82, 2.24) is 9.69 Å². The number of ether oxygens (including phenoxy) is 1. The summed E-state index contributed by atoms with van der Waals surface area (Å²) in [7, 11) is 1.52. The van der Waals surface area contributed by atoms with Crippen LogP contribution in [0.3, 0.4) is 0 Å². The summed E-state index contributed by atoms with van der Waals surface area (Å²) in [4.78, 5) is 12.0. The highest BCUT2D eigenvalue weighted by Gasteiger charge is 2.31. The number of rotatable bonds is 6. The van der Waals surface area contributed by atoms with Gasteiger partial charge in [-0.25, -0.2) is 4.79 Å². The monoisotopic (exact) mass is 313 g/mol. The molecular weight excluding hydrogens is 290 g/mol. The maximum Gasteiger partial charge on any atom is 0.319 e. The number of hydrogen-bond donors (Lipinski definition) is 3. The number of anilines is 1. The molecule has 1 heterocycles. The van der Waals surface area contributed by atoms with Gasteiger partial charge in [0.25, 0.3) is 0 Å². The first-order valence-electron chi connectivity index (χ1n) is 7.33. The predicted molar refractivity (Wildman–Crippen MR) is 82.9 cm³/mol. The van der Waals surface area contributed by atoms with Crippen LogP contribution in [0.1, 0.15) is 38.5 Å². The molecule has 0 aliphatic heterocycles. The lowest BCUT2D eigenvalue weighted by Crippen LogP contribution is -2.41. The van der Waals surface area contributed by atoms with Crippen LogP contribution in [0, 0.1) is 5.41 Å². The molecule has 1 aliphatic carbocycles. The Morgan fingerprint density at radius 3 is 2.90 bits per heavy atom. The Balaban J connectivity index is 1.87. The third kappa shape index (κ3) is 4.31. The van der Waals surface area contributed by atoms with Crippen molar-refractivity contribution >= 4 is 23.3 Å². The molecule has 0 radical (unpaired) electrons. The molecule has 7 heteroatoms. The molecule has 1 saturated carbocycles. The van der Waals surface area contributed by atoms with Crippen molar-refractivity contribution in [2.75, 3.05) is 25.6 Å². The van der Waals surface area contributed by atoms with E-state index in [0.717, 1.165) is 19.3 Å². The number of amides is 2. The van der Waals surface area contributed by atoms with Crippen molar-refractivity contribution in [3.05, 3.63) is 5.38 Å². The number of carbonyl (C=O) groups excluding carboxylic acids is 1. The summed E-state index contributed by atoms with van der Waals surface area (Å²) in [5, 5.41) is 16.7. The van der Waals surface area contributed by atoms with Gasteiger partial charge >= 0.3 is 6.03 Å². The maximum absolute atomic E-state index is 12.0. The molecule has 118 valence electrons. The molecule has 0 spiro atoms. The van der Waals surface area contributed by atoms with Crippen LogP contribution in [0.4, 0.5) is 10.5 Å². The van der Waals surface area contributed by atoms with E-state index < -0.39 is 0 Å². The van der Waals surface area contributed by atoms with Crippen molar-refractivity contribution in [3.8, 4) is 5.88 Å². The second-order valence-corrected chi connectivity index (χ2v) is 6.21. The van der Waals surface area contributed by atoms with Crippen LogP contribution in [0.25, 0.3) is 0 Å². The third-order valence-corrected chi connectivity index (χ3v) is 4.77. The van der Waals surface area contributed by atoms with Gasteiger partial charge < -0.3 is 20.5 Å². The third-order valence-electron chi connectivity index (χ3n) is 4.16. The van der Waals surface area contributed by atoms with Crippen molar-refractivity contribution in [1.29, 1.82) is 0 Å². The van der Waals surface area contributed by atoms with E-state index in [4.69, 9.17) is 4.74 Å². The van der Waals surface area contributed by atoms with Gasteiger partial charge in [0.15, 0.2) is 0 Å². The van der Waals surface area contributed by atoms with Crippen LogP contribution >= 0.6 is 11.5 Å². The normalized spacial score (nSPS) is 17.2. The molecule has 1 aromatic rings. The largest absolute Gasteiger partial charge is 0.479 e. The summed E-state index contributed by atoms with van der Waals surface area (Å²) < 4.78 is 9.09. The number of methoxy groups -OCH3 is 1. The van der Waals surface area contributed by atoms with E-state index in [1.807, 2.05) is 0 Å². The van der Waals surface area contributed by atoms with Crippen molar-refractivity contribution in [2.45, 2.75) is 38.5 Å². The number of nitrogens with zero attached hydrogens (tertiary/aromatic N) is 1. The summed E-state index contributed by atoms with van der Waals surface area (Å²) in [6.45, 7) is 0.769. The molecule has 0 aromatic carbocycles. The molecule has 0 atom stereocenters. The topological polar surface area (TPSA) is 83.5 Å². The summed E-state index contributed by atoms with van der Waals surface area (Å²) in [5.41, 5.74) is 0.626. The van der Waals surface area contributed by atoms with E-state index >= 15 is 0 Å².